The predicted molar refractivity (Wildman–Crippen MR) is 201 cm³/mol. The highest BCUT2D eigenvalue weighted by atomic mass is 16.8. The number of aliphatic hydroxyl groups excluding tert-OH is 7. The second-order valence-corrected chi connectivity index (χ2v) is 21.6. The Labute approximate surface area is 341 Å². The minimum Gasteiger partial charge on any atom is -0.457 e. The van der Waals surface area contributed by atoms with Crippen LogP contribution in [0.25, 0.3) is 0 Å². The first-order valence-corrected chi connectivity index (χ1v) is 21.9. The molecule has 3 spiro atoms. The number of ether oxygens (including phenoxy) is 7. The number of carbonyl (C=O) groups is 1. The number of fused-ring (bicyclic) bond motifs is 4. The second-order valence-electron chi connectivity index (χ2n) is 21.6. The van der Waals surface area contributed by atoms with Crippen LogP contribution >= 0.6 is 0 Å². The van der Waals surface area contributed by atoms with Crippen molar-refractivity contribution in [3.05, 3.63) is 0 Å². The SMILES string of the molecule is CC(=O)OC(C)(C)[C@@H]1O[C@@]23O[C@@H]1C[C@@H](C)[C@@H]2[C@@]1(C)CC[C@@]24C[C@@]25CC[C@H](O[C@@H]2OC[C@@H](O)[C@H](O[C@@H]6O[C@H](CO)[C@@H](O)[C@H](O)[C@H]6O)[C@H]2O)C(C)(C)[C@@H]5CC[C@H]4[C@]1(C)[C@H]3O. The lowest BCUT2D eigenvalue weighted by atomic mass is 9.41. The zero-order chi connectivity index (χ0) is 41.9. The first kappa shape index (κ1) is 42.3. The summed E-state index contributed by atoms with van der Waals surface area (Å²) in [6, 6.07) is 0. The Morgan fingerprint density at radius 1 is 0.828 bits per heavy atom. The van der Waals surface area contributed by atoms with Crippen LogP contribution in [0.2, 0.25) is 0 Å². The van der Waals surface area contributed by atoms with Crippen molar-refractivity contribution in [1.82, 2.24) is 0 Å². The Kier molecular flexibility index (Phi) is 9.82. The Balaban J connectivity index is 0.933. The Morgan fingerprint density at radius 3 is 2.21 bits per heavy atom. The van der Waals surface area contributed by atoms with E-state index in [1.807, 2.05) is 13.8 Å². The maximum atomic E-state index is 12.9. The van der Waals surface area contributed by atoms with Crippen molar-refractivity contribution in [3.8, 4) is 0 Å². The molecule has 0 aromatic carbocycles. The Bertz CT molecular complexity index is 1620. The molecule has 5 saturated carbocycles. The van der Waals surface area contributed by atoms with Gasteiger partial charge in [-0.1, -0.05) is 34.6 Å². The lowest BCUT2D eigenvalue weighted by Gasteiger charge is -2.63. The first-order chi connectivity index (χ1) is 27.1. The van der Waals surface area contributed by atoms with Crippen molar-refractivity contribution < 1.29 is 73.7 Å². The van der Waals surface area contributed by atoms with Crippen LogP contribution in [0.3, 0.4) is 0 Å². The molecule has 22 atom stereocenters. The van der Waals surface area contributed by atoms with E-state index in [1.54, 1.807) is 0 Å². The van der Waals surface area contributed by atoms with Gasteiger partial charge in [0.25, 0.3) is 0 Å². The molecule has 0 aromatic rings. The molecule has 9 rings (SSSR count). The lowest BCUT2D eigenvalue weighted by molar-refractivity contribution is -0.356. The van der Waals surface area contributed by atoms with E-state index in [1.165, 1.54) is 6.92 Å². The average molecular weight is 825 g/mol. The molecule has 4 aliphatic heterocycles. The van der Waals surface area contributed by atoms with Crippen molar-refractivity contribution >= 4 is 5.97 Å². The molecule has 4 heterocycles. The van der Waals surface area contributed by atoms with E-state index in [2.05, 4.69) is 34.6 Å². The van der Waals surface area contributed by atoms with Crippen LogP contribution in [0.5, 0.6) is 0 Å². The highest BCUT2D eigenvalue weighted by Crippen LogP contribution is 2.90. The Hall–Kier alpha value is -1.05. The third-order valence-corrected chi connectivity index (χ3v) is 18.4. The van der Waals surface area contributed by atoms with Crippen LogP contribution in [0.1, 0.15) is 107 Å². The third-order valence-electron chi connectivity index (χ3n) is 18.4. The highest BCUT2D eigenvalue weighted by molar-refractivity contribution is 5.66. The third kappa shape index (κ3) is 5.35. The number of rotatable bonds is 7. The zero-order valence-electron chi connectivity index (χ0n) is 35.3. The van der Waals surface area contributed by atoms with Crippen LogP contribution in [0.4, 0.5) is 0 Å². The van der Waals surface area contributed by atoms with Crippen LogP contribution in [-0.4, -0.2) is 146 Å². The van der Waals surface area contributed by atoms with Gasteiger partial charge in [-0.2, -0.15) is 0 Å². The van der Waals surface area contributed by atoms with Crippen molar-refractivity contribution in [3.63, 3.8) is 0 Å². The molecule has 5 aliphatic carbocycles. The van der Waals surface area contributed by atoms with E-state index in [4.69, 9.17) is 33.2 Å². The molecule has 7 N–H and O–H groups in total. The molecule has 0 unspecified atom stereocenters. The summed E-state index contributed by atoms with van der Waals surface area (Å²) in [6.07, 6.45) is -7.44. The van der Waals surface area contributed by atoms with Gasteiger partial charge in [0.05, 0.1) is 25.4 Å². The van der Waals surface area contributed by atoms with E-state index < -0.39 is 90.9 Å². The average Bonchev–Trinajstić information content (AvgIpc) is 3.66. The summed E-state index contributed by atoms with van der Waals surface area (Å²) in [7, 11) is 0. The van der Waals surface area contributed by atoms with Gasteiger partial charge in [-0.05, 0) is 105 Å². The molecule has 15 nitrogen and oxygen atoms in total. The first-order valence-electron chi connectivity index (χ1n) is 21.9. The summed E-state index contributed by atoms with van der Waals surface area (Å²) in [5.41, 5.74) is -1.86. The normalized spacial score (nSPS) is 57.9. The fraction of sp³-hybridized carbons (Fsp3) is 0.977. The summed E-state index contributed by atoms with van der Waals surface area (Å²) in [4.78, 5) is 12.2. The number of hydrogen-bond donors (Lipinski definition) is 7. The highest BCUT2D eigenvalue weighted by Gasteiger charge is 2.88. The molecule has 330 valence electrons. The zero-order valence-corrected chi connectivity index (χ0v) is 35.3. The van der Waals surface area contributed by atoms with E-state index in [0.717, 1.165) is 51.4 Å². The topological polar surface area (TPSA) is 223 Å². The summed E-state index contributed by atoms with van der Waals surface area (Å²) >= 11 is 0. The number of aliphatic hydroxyl groups is 7. The van der Waals surface area contributed by atoms with Gasteiger partial charge >= 0.3 is 5.97 Å². The maximum absolute atomic E-state index is 12.9. The van der Waals surface area contributed by atoms with Crippen molar-refractivity contribution in [1.29, 1.82) is 0 Å². The molecule has 2 bridgehead atoms. The van der Waals surface area contributed by atoms with E-state index >= 15 is 0 Å². The quantitative estimate of drug-likeness (QED) is 0.143. The minimum atomic E-state index is -1.70. The summed E-state index contributed by atoms with van der Waals surface area (Å²) in [5.74, 6) is -0.767. The second kappa shape index (κ2) is 13.5. The minimum absolute atomic E-state index is 0.0197. The fourth-order valence-electron chi connectivity index (χ4n) is 15.9. The van der Waals surface area contributed by atoms with Crippen molar-refractivity contribution in [2.75, 3.05) is 13.2 Å². The molecule has 0 amide bonds. The van der Waals surface area contributed by atoms with E-state index in [-0.39, 0.29) is 64.2 Å². The molecule has 0 radical (unpaired) electrons. The fourth-order valence-corrected chi connectivity index (χ4v) is 15.9. The lowest BCUT2D eigenvalue weighted by Crippen LogP contribution is -2.63. The largest absolute Gasteiger partial charge is 0.457 e. The molecule has 58 heavy (non-hydrogen) atoms. The van der Waals surface area contributed by atoms with Gasteiger partial charge in [0.2, 0.25) is 0 Å². The molecule has 9 aliphatic rings. The van der Waals surface area contributed by atoms with Crippen molar-refractivity contribution in [2.45, 2.75) is 198 Å². The maximum Gasteiger partial charge on any atom is 0.303 e. The van der Waals surface area contributed by atoms with E-state index in [9.17, 15) is 40.5 Å². The van der Waals surface area contributed by atoms with Gasteiger partial charge in [-0.25, -0.2) is 0 Å². The van der Waals surface area contributed by atoms with Crippen LogP contribution in [0, 0.1) is 50.7 Å². The Morgan fingerprint density at radius 2 is 1.52 bits per heavy atom. The summed E-state index contributed by atoms with van der Waals surface area (Å²) in [6.45, 7) is 15.8. The number of carbonyl (C=O) groups excluding carboxylic acids is 1. The molecular formula is C43H68O15. The van der Waals surface area contributed by atoms with Gasteiger partial charge in [-0.15, -0.1) is 0 Å². The van der Waals surface area contributed by atoms with Crippen LogP contribution in [0.15, 0.2) is 0 Å². The monoisotopic (exact) mass is 824 g/mol. The van der Waals surface area contributed by atoms with Crippen LogP contribution < -0.4 is 0 Å². The molecule has 9 fully saturated rings. The molecular weight excluding hydrogens is 756 g/mol. The standard InChI is InChI=1S/C43H68O15/c1-19-15-22-33(38(5,6)56-20(2)45)58-43(57-22)32(19)39(7)13-14-42-18-41(42)12-11-26(37(3,4)24(41)9-10-25(42)40(39,8)36(43)51)54-34-30(50)31(21(46)17-52-34)55-35-29(49)28(48)27(47)23(16-44)53-35/h19,21-36,44,46-51H,9-18H2,1-8H3/t19-,21-,22-,23-,24+,25+,26+,27-,28+,29-,30-,31+,32-,33-,34+,35+,36-,39-,40-,41-,42+,43+/m1/s1. The summed E-state index contributed by atoms with van der Waals surface area (Å²) < 4.78 is 43.7. The van der Waals surface area contributed by atoms with Gasteiger partial charge in [0.1, 0.15) is 60.5 Å². The number of esters is 1. The van der Waals surface area contributed by atoms with Gasteiger partial charge in [-0.3, -0.25) is 4.79 Å². The molecule has 15 heteroatoms. The molecule has 0 aromatic heterocycles. The molecule has 4 saturated heterocycles. The summed E-state index contributed by atoms with van der Waals surface area (Å²) in [5, 5.41) is 76.0. The van der Waals surface area contributed by atoms with Gasteiger partial charge in [0, 0.05) is 18.3 Å². The van der Waals surface area contributed by atoms with Gasteiger partial charge < -0.3 is 68.9 Å². The van der Waals surface area contributed by atoms with Gasteiger partial charge in [0.15, 0.2) is 18.4 Å². The van der Waals surface area contributed by atoms with Crippen LogP contribution in [-0.2, 0) is 38.0 Å². The van der Waals surface area contributed by atoms with Crippen molar-refractivity contribution in [2.24, 2.45) is 50.7 Å². The smallest absolute Gasteiger partial charge is 0.303 e. The predicted octanol–water partition coefficient (Wildman–Crippen LogP) is 1.52. The number of hydrogen-bond acceptors (Lipinski definition) is 15. The van der Waals surface area contributed by atoms with E-state index in [0.29, 0.717) is 5.92 Å².